The predicted octanol–water partition coefficient (Wildman–Crippen LogP) is 3.31. The molecule has 0 saturated carbocycles. The van der Waals surface area contributed by atoms with Gasteiger partial charge in [-0.05, 0) is 6.42 Å². The lowest BCUT2D eigenvalue weighted by Crippen LogP contribution is -2.50. The fourth-order valence-electron chi connectivity index (χ4n) is 0.780. The molecule has 0 aliphatic heterocycles. The Morgan fingerprint density at radius 3 is 1.79 bits per heavy atom. The van der Waals surface area contributed by atoms with E-state index >= 15 is 0 Å². The lowest BCUT2D eigenvalue weighted by Gasteiger charge is -2.27. The van der Waals surface area contributed by atoms with Crippen molar-refractivity contribution in [3.63, 3.8) is 0 Å². The molecule has 2 atom stereocenters. The van der Waals surface area contributed by atoms with E-state index in [-0.39, 0.29) is 0 Å². The molecule has 0 fully saturated rings. The van der Waals surface area contributed by atoms with Crippen LogP contribution in [-0.2, 0) is 0 Å². The summed E-state index contributed by atoms with van der Waals surface area (Å²) in [4.78, 5) is 0. The van der Waals surface area contributed by atoms with Gasteiger partial charge in [0, 0.05) is 0 Å². The van der Waals surface area contributed by atoms with Crippen molar-refractivity contribution in [1.29, 1.82) is 0 Å². The average Bonchev–Trinajstić information content (AvgIpc) is 2.15. The van der Waals surface area contributed by atoms with Crippen LogP contribution in [0.2, 0.25) is 0 Å². The molecule has 0 spiro atoms. The first-order valence-electron chi connectivity index (χ1n) is 3.79. The molecular weight excluding hydrogens is 217 g/mol. The Morgan fingerprint density at radius 1 is 1.07 bits per heavy atom. The molecule has 0 aromatic carbocycles. The van der Waals surface area contributed by atoms with Gasteiger partial charge in [-0.15, -0.1) is 0 Å². The maximum Gasteiger partial charge on any atom is 0.315 e. The SMILES string of the molecule is CCC(F)C(F)(F)[C@@H](F)C(F)(F)CF. The predicted molar refractivity (Wildman–Crippen MR) is 36.0 cm³/mol. The summed E-state index contributed by atoms with van der Waals surface area (Å²) in [6, 6.07) is 0. The fourth-order valence-corrected chi connectivity index (χ4v) is 0.780. The van der Waals surface area contributed by atoms with Crippen LogP contribution >= 0.6 is 0 Å². The first kappa shape index (κ1) is 13.5. The summed E-state index contributed by atoms with van der Waals surface area (Å²) in [5.74, 6) is -9.73. The molecule has 86 valence electrons. The summed E-state index contributed by atoms with van der Waals surface area (Å²) in [6.07, 6.45) is -8.01. The van der Waals surface area contributed by atoms with E-state index in [1.807, 2.05) is 0 Å². The van der Waals surface area contributed by atoms with Crippen molar-refractivity contribution in [2.75, 3.05) is 6.67 Å². The number of halogens is 7. The monoisotopic (exact) mass is 226 g/mol. The van der Waals surface area contributed by atoms with Gasteiger partial charge in [-0.3, -0.25) is 0 Å². The summed E-state index contributed by atoms with van der Waals surface area (Å²) >= 11 is 0. The van der Waals surface area contributed by atoms with Crippen LogP contribution < -0.4 is 0 Å². The Balaban J connectivity index is 4.73. The minimum absolute atomic E-state index is 0.824. The molecule has 0 N–H and O–H groups in total. The van der Waals surface area contributed by atoms with Crippen LogP contribution in [0.1, 0.15) is 13.3 Å². The van der Waals surface area contributed by atoms with Gasteiger partial charge in [0.05, 0.1) is 0 Å². The maximum atomic E-state index is 12.5. The van der Waals surface area contributed by atoms with Crippen molar-refractivity contribution in [3.05, 3.63) is 0 Å². The standard InChI is InChI=1S/C7H9F7/c1-2-4(9)7(13,14)5(10)6(11,12)3-8/h4-5H,2-3H2,1H3/t4?,5-/m0/s1. The summed E-state index contributed by atoms with van der Waals surface area (Å²) in [7, 11) is 0. The molecule has 0 amide bonds. The van der Waals surface area contributed by atoms with E-state index in [0.29, 0.717) is 0 Å². The highest BCUT2D eigenvalue weighted by Gasteiger charge is 2.59. The minimum Gasteiger partial charge on any atom is -0.244 e. The van der Waals surface area contributed by atoms with Gasteiger partial charge in [0.15, 0.2) is 12.8 Å². The highest BCUT2D eigenvalue weighted by molar-refractivity contribution is 4.92. The van der Waals surface area contributed by atoms with Gasteiger partial charge in [-0.2, -0.15) is 8.78 Å². The third-order valence-corrected chi connectivity index (χ3v) is 1.66. The average molecular weight is 226 g/mol. The minimum atomic E-state index is -4.87. The summed E-state index contributed by atoms with van der Waals surface area (Å²) < 4.78 is 85.5. The number of hydrogen-bond acceptors (Lipinski definition) is 0. The zero-order valence-electron chi connectivity index (χ0n) is 7.21. The first-order valence-corrected chi connectivity index (χ1v) is 3.79. The number of alkyl halides is 7. The Labute approximate surface area is 76.1 Å². The summed E-state index contributed by atoms with van der Waals surface area (Å²) in [5.41, 5.74) is 0. The number of hydrogen-bond donors (Lipinski definition) is 0. The van der Waals surface area contributed by atoms with Crippen molar-refractivity contribution in [2.24, 2.45) is 0 Å². The van der Waals surface area contributed by atoms with Gasteiger partial charge in [-0.1, -0.05) is 6.92 Å². The van der Waals surface area contributed by atoms with E-state index in [4.69, 9.17) is 0 Å². The highest BCUT2D eigenvalue weighted by Crippen LogP contribution is 2.38. The molecule has 0 bridgehead atoms. The largest absolute Gasteiger partial charge is 0.315 e. The lowest BCUT2D eigenvalue weighted by atomic mass is 10.0. The van der Waals surface area contributed by atoms with E-state index in [2.05, 4.69) is 0 Å². The fraction of sp³-hybridized carbons (Fsp3) is 1.00. The molecule has 7 heteroatoms. The third kappa shape index (κ3) is 2.51. The number of rotatable bonds is 5. The van der Waals surface area contributed by atoms with E-state index in [9.17, 15) is 30.7 Å². The quantitative estimate of drug-likeness (QED) is 0.631. The lowest BCUT2D eigenvalue weighted by molar-refractivity contribution is -0.211. The first-order chi connectivity index (χ1) is 6.20. The Hall–Kier alpha value is -0.490. The van der Waals surface area contributed by atoms with E-state index in [1.54, 1.807) is 0 Å². The van der Waals surface area contributed by atoms with Gasteiger partial charge in [0.25, 0.3) is 0 Å². The van der Waals surface area contributed by atoms with Crippen LogP contribution in [0.3, 0.4) is 0 Å². The summed E-state index contributed by atoms with van der Waals surface area (Å²) in [5, 5.41) is 0. The van der Waals surface area contributed by atoms with Gasteiger partial charge in [0.2, 0.25) is 6.17 Å². The van der Waals surface area contributed by atoms with Crippen molar-refractivity contribution >= 4 is 0 Å². The zero-order chi connectivity index (χ0) is 11.6. The van der Waals surface area contributed by atoms with Crippen molar-refractivity contribution in [1.82, 2.24) is 0 Å². The topological polar surface area (TPSA) is 0 Å². The molecule has 0 aliphatic rings. The van der Waals surface area contributed by atoms with Gasteiger partial charge in [-0.25, -0.2) is 22.0 Å². The van der Waals surface area contributed by atoms with Crippen LogP contribution in [0.4, 0.5) is 30.7 Å². The van der Waals surface area contributed by atoms with E-state index < -0.39 is 37.3 Å². The van der Waals surface area contributed by atoms with Crippen LogP contribution in [0.25, 0.3) is 0 Å². The second-order valence-corrected chi connectivity index (χ2v) is 2.81. The molecule has 0 rings (SSSR count). The highest BCUT2D eigenvalue weighted by atomic mass is 19.3. The normalized spacial score (nSPS) is 18.0. The molecule has 0 saturated heterocycles. The molecule has 1 unspecified atom stereocenters. The molecule has 0 nitrogen and oxygen atoms in total. The Morgan fingerprint density at radius 2 is 1.50 bits per heavy atom. The molecule has 0 aliphatic carbocycles. The smallest absolute Gasteiger partial charge is 0.244 e. The molecule has 0 aromatic heterocycles. The molecular formula is C7H9F7. The van der Waals surface area contributed by atoms with Crippen LogP contribution in [-0.4, -0.2) is 30.9 Å². The molecule has 14 heavy (non-hydrogen) atoms. The van der Waals surface area contributed by atoms with Crippen molar-refractivity contribution < 1.29 is 30.7 Å². The Kier molecular flexibility index (Phi) is 4.20. The third-order valence-electron chi connectivity index (χ3n) is 1.66. The molecule has 0 radical (unpaired) electrons. The van der Waals surface area contributed by atoms with E-state index in [0.717, 1.165) is 6.92 Å². The summed E-state index contributed by atoms with van der Waals surface area (Å²) in [6.45, 7) is -1.64. The van der Waals surface area contributed by atoms with Crippen LogP contribution in [0.5, 0.6) is 0 Å². The van der Waals surface area contributed by atoms with E-state index in [1.165, 1.54) is 0 Å². The van der Waals surface area contributed by atoms with Gasteiger partial charge in [0.1, 0.15) is 0 Å². The van der Waals surface area contributed by atoms with Crippen LogP contribution in [0.15, 0.2) is 0 Å². The van der Waals surface area contributed by atoms with Crippen molar-refractivity contribution in [2.45, 2.75) is 37.5 Å². The van der Waals surface area contributed by atoms with Crippen molar-refractivity contribution in [3.8, 4) is 0 Å². The molecule has 0 heterocycles. The second kappa shape index (κ2) is 4.35. The second-order valence-electron chi connectivity index (χ2n) is 2.81. The maximum absolute atomic E-state index is 12.5. The van der Waals surface area contributed by atoms with Gasteiger partial charge >= 0.3 is 11.8 Å². The molecule has 0 aromatic rings. The Bertz CT molecular complexity index is 179. The van der Waals surface area contributed by atoms with Crippen LogP contribution in [0, 0.1) is 0 Å². The zero-order valence-corrected chi connectivity index (χ0v) is 7.21. The van der Waals surface area contributed by atoms with Gasteiger partial charge < -0.3 is 0 Å².